The molecule has 1 aliphatic heterocycles. The maximum atomic E-state index is 12.3. The molecular formula is C18H19NO5S. The van der Waals surface area contributed by atoms with Crippen LogP contribution in [-0.4, -0.2) is 24.8 Å². The van der Waals surface area contributed by atoms with E-state index in [1.807, 2.05) is 13.8 Å². The van der Waals surface area contributed by atoms with Crippen LogP contribution in [0.2, 0.25) is 0 Å². The molecule has 0 spiro atoms. The zero-order valence-electron chi connectivity index (χ0n) is 14.3. The summed E-state index contributed by atoms with van der Waals surface area (Å²) in [6, 6.07) is 6.89. The minimum absolute atomic E-state index is 0.167. The highest BCUT2D eigenvalue weighted by Gasteiger charge is 2.22. The van der Waals surface area contributed by atoms with Crippen molar-refractivity contribution in [3.8, 4) is 11.5 Å². The van der Waals surface area contributed by atoms with Crippen LogP contribution in [0.4, 0.5) is 5.69 Å². The fourth-order valence-electron chi connectivity index (χ4n) is 2.46. The molecule has 1 aromatic carbocycles. The Morgan fingerprint density at radius 1 is 1.28 bits per heavy atom. The van der Waals surface area contributed by atoms with Gasteiger partial charge in [-0.25, -0.2) is 4.79 Å². The highest BCUT2D eigenvalue weighted by molar-refractivity contribution is 7.14. The molecule has 1 N–H and O–H groups in total. The molecule has 2 aromatic rings. The number of fused-ring (bicyclic) bond motifs is 1. The molecule has 1 amide bonds. The van der Waals surface area contributed by atoms with Crippen LogP contribution in [0, 0.1) is 6.92 Å². The number of carbonyl (C=O) groups excluding carboxylic acids is 2. The van der Waals surface area contributed by atoms with E-state index in [9.17, 15) is 9.59 Å². The highest BCUT2D eigenvalue weighted by Crippen LogP contribution is 2.34. The quantitative estimate of drug-likeness (QED) is 0.825. The summed E-state index contributed by atoms with van der Waals surface area (Å²) in [4.78, 5) is 26.1. The van der Waals surface area contributed by atoms with Gasteiger partial charge < -0.3 is 19.5 Å². The summed E-state index contributed by atoms with van der Waals surface area (Å²) in [5, 5.41) is 2.71. The van der Waals surface area contributed by atoms with E-state index in [4.69, 9.17) is 14.2 Å². The van der Waals surface area contributed by atoms with Crippen molar-refractivity contribution < 1.29 is 23.8 Å². The molecule has 132 valence electrons. The molecule has 0 radical (unpaired) electrons. The first-order valence-corrected chi connectivity index (χ1v) is 8.80. The largest absolute Gasteiger partial charge is 0.454 e. The average Bonchev–Trinajstić information content (AvgIpc) is 3.20. The van der Waals surface area contributed by atoms with Crippen molar-refractivity contribution in [3.05, 3.63) is 39.6 Å². The maximum absolute atomic E-state index is 12.3. The number of aryl methyl sites for hydroxylation is 2. The number of esters is 1. The van der Waals surface area contributed by atoms with Crippen LogP contribution in [0.3, 0.4) is 0 Å². The smallest absolute Gasteiger partial charge is 0.349 e. The summed E-state index contributed by atoms with van der Waals surface area (Å²) in [6.07, 6.45) is -0.0466. The van der Waals surface area contributed by atoms with Gasteiger partial charge in [0.2, 0.25) is 6.79 Å². The molecule has 0 bridgehead atoms. The molecule has 1 atom stereocenters. The first kappa shape index (κ1) is 17.3. The van der Waals surface area contributed by atoms with E-state index in [0.29, 0.717) is 22.1 Å². The monoisotopic (exact) mass is 361 g/mol. The lowest BCUT2D eigenvalue weighted by Crippen LogP contribution is -2.29. The Balaban J connectivity index is 1.61. The van der Waals surface area contributed by atoms with Gasteiger partial charge in [0, 0.05) is 16.6 Å². The van der Waals surface area contributed by atoms with E-state index >= 15 is 0 Å². The van der Waals surface area contributed by atoms with Crippen molar-refractivity contribution in [3.63, 3.8) is 0 Å². The van der Waals surface area contributed by atoms with Gasteiger partial charge in [0.1, 0.15) is 4.88 Å². The normalized spacial score (nSPS) is 13.4. The minimum Gasteiger partial charge on any atom is -0.454 e. The number of anilines is 1. The maximum Gasteiger partial charge on any atom is 0.349 e. The summed E-state index contributed by atoms with van der Waals surface area (Å²) in [5.41, 5.74) is 1.62. The zero-order valence-corrected chi connectivity index (χ0v) is 15.1. The number of nitrogens with one attached hydrogen (secondary N) is 1. The van der Waals surface area contributed by atoms with Crippen molar-refractivity contribution >= 4 is 28.9 Å². The van der Waals surface area contributed by atoms with Gasteiger partial charge in [-0.15, -0.1) is 11.3 Å². The number of benzene rings is 1. The summed E-state index contributed by atoms with van der Waals surface area (Å²) in [5.74, 6) is 0.318. The Morgan fingerprint density at radius 3 is 2.76 bits per heavy atom. The van der Waals surface area contributed by atoms with Crippen molar-refractivity contribution in [2.75, 3.05) is 12.1 Å². The molecule has 0 fully saturated rings. The molecule has 0 saturated heterocycles. The Hall–Kier alpha value is -2.54. The van der Waals surface area contributed by atoms with E-state index in [1.54, 1.807) is 31.2 Å². The van der Waals surface area contributed by atoms with Crippen LogP contribution < -0.4 is 14.8 Å². The number of rotatable bonds is 5. The van der Waals surface area contributed by atoms with Gasteiger partial charge in [-0.1, -0.05) is 6.92 Å². The third kappa shape index (κ3) is 3.76. The Bertz CT molecular complexity index is 814. The second kappa shape index (κ2) is 7.14. The third-order valence-corrected chi connectivity index (χ3v) is 5.20. The molecule has 1 aromatic heterocycles. The van der Waals surface area contributed by atoms with Crippen molar-refractivity contribution in [1.82, 2.24) is 0 Å². The zero-order chi connectivity index (χ0) is 18.0. The van der Waals surface area contributed by atoms with E-state index < -0.39 is 18.0 Å². The average molecular weight is 361 g/mol. The molecule has 0 aliphatic carbocycles. The van der Waals surface area contributed by atoms with Crippen LogP contribution in [0.5, 0.6) is 11.5 Å². The fraction of sp³-hybridized carbons (Fsp3) is 0.333. The van der Waals surface area contributed by atoms with Crippen LogP contribution in [0.1, 0.15) is 34.0 Å². The molecular weight excluding hydrogens is 342 g/mol. The summed E-state index contributed by atoms with van der Waals surface area (Å²) >= 11 is 1.40. The molecule has 7 heteroatoms. The fourth-order valence-corrected chi connectivity index (χ4v) is 3.46. The van der Waals surface area contributed by atoms with Crippen LogP contribution in [-0.2, 0) is 16.0 Å². The highest BCUT2D eigenvalue weighted by atomic mass is 32.1. The van der Waals surface area contributed by atoms with Crippen molar-refractivity contribution in [1.29, 1.82) is 0 Å². The number of ether oxygens (including phenoxy) is 3. The molecule has 0 unspecified atom stereocenters. The van der Waals surface area contributed by atoms with Gasteiger partial charge in [0.15, 0.2) is 17.6 Å². The van der Waals surface area contributed by atoms with E-state index in [-0.39, 0.29) is 6.79 Å². The Kier molecular flexibility index (Phi) is 4.94. The Morgan fingerprint density at radius 2 is 2.04 bits per heavy atom. The molecule has 3 rings (SSSR count). The number of hydrogen-bond donors (Lipinski definition) is 1. The topological polar surface area (TPSA) is 73.9 Å². The summed E-state index contributed by atoms with van der Waals surface area (Å²) in [7, 11) is 0. The summed E-state index contributed by atoms with van der Waals surface area (Å²) < 4.78 is 15.8. The third-order valence-electron chi connectivity index (χ3n) is 3.84. The molecule has 1 aliphatic rings. The van der Waals surface area contributed by atoms with Gasteiger partial charge in [0.25, 0.3) is 5.91 Å². The van der Waals surface area contributed by atoms with Gasteiger partial charge >= 0.3 is 5.97 Å². The molecule has 6 nitrogen and oxygen atoms in total. The molecule has 25 heavy (non-hydrogen) atoms. The minimum atomic E-state index is -0.912. The number of carbonyl (C=O) groups is 2. The van der Waals surface area contributed by atoms with Crippen molar-refractivity contribution in [2.24, 2.45) is 0 Å². The predicted molar refractivity (Wildman–Crippen MR) is 94.5 cm³/mol. The van der Waals surface area contributed by atoms with Gasteiger partial charge in [0.05, 0.1) is 0 Å². The first-order valence-electron chi connectivity index (χ1n) is 7.98. The van der Waals surface area contributed by atoms with Gasteiger partial charge in [-0.2, -0.15) is 0 Å². The molecule has 2 heterocycles. The van der Waals surface area contributed by atoms with E-state index in [1.165, 1.54) is 11.3 Å². The second-order valence-corrected chi connectivity index (χ2v) is 6.81. The first-order chi connectivity index (χ1) is 12.0. The van der Waals surface area contributed by atoms with Crippen LogP contribution in [0.15, 0.2) is 24.3 Å². The van der Waals surface area contributed by atoms with Crippen LogP contribution in [0.25, 0.3) is 0 Å². The van der Waals surface area contributed by atoms with E-state index in [2.05, 4.69) is 5.32 Å². The second-order valence-electron chi connectivity index (χ2n) is 5.68. The van der Waals surface area contributed by atoms with Gasteiger partial charge in [-0.3, -0.25) is 4.79 Å². The lowest BCUT2D eigenvalue weighted by molar-refractivity contribution is -0.123. The SMILES string of the molecule is CCc1sc(C(=O)O[C@H](C)C(=O)Nc2ccc3c(c2)OCO3)cc1C. The lowest BCUT2D eigenvalue weighted by Gasteiger charge is -2.13. The Labute approximate surface area is 149 Å². The lowest BCUT2D eigenvalue weighted by atomic mass is 10.2. The number of hydrogen-bond acceptors (Lipinski definition) is 6. The van der Waals surface area contributed by atoms with Crippen molar-refractivity contribution in [2.45, 2.75) is 33.3 Å². The predicted octanol–water partition coefficient (Wildman–Crippen LogP) is 3.53. The van der Waals surface area contributed by atoms with E-state index in [0.717, 1.165) is 16.9 Å². The van der Waals surface area contributed by atoms with Gasteiger partial charge in [-0.05, 0) is 44.0 Å². The number of amides is 1. The number of thiophene rings is 1. The standard InChI is InChI=1S/C18H19NO5S/c1-4-15-10(2)7-16(25-15)18(21)24-11(3)17(20)19-12-5-6-13-14(8-12)23-9-22-13/h5-8,11H,4,9H2,1-3H3,(H,19,20)/t11-/m1/s1. The van der Waals surface area contributed by atoms with Crippen LogP contribution >= 0.6 is 11.3 Å². The summed E-state index contributed by atoms with van der Waals surface area (Å²) in [6.45, 7) is 5.71. The molecule has 0 saturated carbocycles.